The Kier molecular flexibility index (Phi) is 3.82. The maximum Gasteiger partial charge on any atom is 0.231 e. The topological polar surface area (TPSA) is 128 Å². The van der Waals surface area contributed by atoms with Gasteiger partial charge in [0, 0.05) is 25.2 Å². The van der Waals surface area contributed by atoms with Crippen LogP contribution < -0.4 is 20.1 Å². The van der Waals surface area contributed by atoms with E-state index in [2.05, 4.69) is 20.1 Å². The van der Waals surface area contributed by atoms with Crippen molar-refractivity contribution in [3.63, 3.8) is 0 Å². The third-order valence-electron chi connectivity index (χ3n) is 7.42. The number of hydrogen-bond acceptors (Lipinski definition) is 9. The molecule has 3 atom stereocenters. The van der Waals surface area contributed by atoms with E-state index in [1.54, 1.807) is 6.26 Å². The highest BCUT2D eigenvalue weighted by Gasteiger charge is 2.68. The van der Waals surface area contributed by atoms with Crippen molar-refractivity contribution in [1.82, 2.24) is 25.1 Å². The first-order chi connectivity index (χ1) is 16.2. The highest BCUT2D eigenvalue weighted by molar-refractivity contribution is 5.90. The van der Waals surface area contributed by atoms with Crippen molar-refractivity contribution in [2.24, 2.45) is 17.6 Å². The molecule has 3 N–H and O–H groups in total. The maximum atomic E-state index is 6.25. The van der Waals surface area contributed by atoms with Crippen molar-refractivity contribution in [1.29, 1.82) is 0 Å². The summed E-state index contributed by atoms with van der Waals surface area (Å²) in [7, 11) is 0. The van der Waals surface area contributed by atoms with Gasteiger partial charge in [0.25, 0.3) is 0 Å². The third-order valence-corrected chi connectivity index (χ3v) is 7.42. The Morgan fingerprint density at radius 1 is 1.24 bits per heavy atom. The quantitative estimate of drug-likeness (QED) is 0.486. The first-order valence-corrected chi connectivity index (χ1v) is 11.2. The van der Waals surface area contributed by atoms with E-state index in [4.69, 9.17) is 29.6 Å². The molecule has 2 aliphatic heterocycles. The second-order valence-corrected chi connectivity index (χ2v) is 9.02. The molecule has 10 heteroatoms. The Balaban J connectivity index is 1.19. The number of aryl methyl sites for hydroxylation is 1. The fourth-order valence-electron chi connectivity index (χ4n) is 5.71. The molecule has 33 heavy (non-hydrogen) atoms. The zero-order valence-electron chi connectivity index (χ0n) is 18.1. The summed E-state index contributed by atoms with van der Waals surface area (Å²) in [6, 6.07) is 5.78. The van der Waals surface area contributed by atoms with Crippen molar-refractivity contribution in [3.8, 4) is 22.8 Å². The highest BCUT2D eigenvalue weighted by Crippen LogP contribution is 2.62. The number of rotatable bonds is 4. The Morgan fingerprint density at radius 2 is 2.18 bits per heavy atom. The average molecular weight is 445 g/mol. The van der Waals surface area contributed by atoms with E-state index < -0.39 is 0 Å². The van der Waals surface area contributed by atoms with Gasteiger partial charge in [0.1, 0.15) is 17.6 Å². The number of fused-ring (bicyclic) bond motifs is 3. The van der Waals surface area contributed by atoms with E-state index >= 15 is 0 Å². The predicted octanol–water partition coefficient (Wildman–Crippen LogP) is 2.40. The second kappa shape index (κ2) is 6.67. The molecule has 1 aliphatic carbocycles. The van der Waals surface area contributed by atoms with Gasteiger partial charge in [-0.05, 0) is 37.3 Å². The van der Waals surface area contributed by atoms with Crippen LogP contribution in [0.1, 0.15) is 18.0 Å². The molecule has 0 amide bonds. The van der Waals surface area contributed by atoms with Gasteiger partial charge in [-0.1, -0.05) is 6.07 Å². The van der Waals surface area contributed by atoms with Crippen molar-refractivity contribution in [2.75, 3.05) is 31.3 Å². The molecule has 1 aromatic carbocycles. The monoisotopic (exact) mass is 445 g/mol. The third kappa shape index (κ3) is 2.58. The first-order valence-electron chi connectivity index (χ1n) is 11.2. The van der Waals surface area contributed by atoms with Crippen LogP contribution in [0.5, 0.6) is 11.5 Å². The fourth-order valence-corrected chi connectivity index (χ4v) is 5.71. The van der Waals surface area contributed by atoms with Crippen molar-refractivity contribution >= 4 is 17.0 Å². The van der Waals surface area contributed by atoms with Gasteiger partial charge >= 0.3 is 0 Å². The standard InChI is InChI=1S/C23H23N7O3/c1-12-9-31-22(26-12)23(10-24)14-5-6-30(8-15(14)23)17-7-25-19-18(28-29-21(19)27-17)13-3-2-4-16-20(13)33-11-32-16/h2-4,7,9,14-15H,5-6,8,10-11,24H2,1H3,(H,27,28,29). The van der Waals surface area contributed by atoms with Gasteiger partial charge in [0.05, 0.1) is 23.0 Å². The molecule has 3 aliphatic rings. The lowest BCUT2D eigenvalue weighted by Gasteiger charge is -2.26. The van der Waals surface area contributed by atoms with Gasteiger partial charge < -0.3 is 24.5 Å². The Morgan fingerprint density at radius 3 is 3.03 bits per heavy atom. The normalized spacial score (nSPS) is 25.5. The number of H-pyrrole nitrogens is 1. The van der Waals surface area contributed by atoms with Crippen LogP contribution in [0.3, 0.4) is 0 Å². The molecule has 168 valence electrons. The number of nitrogens with two attached hydrogens (primary N) is 1. The van der Waals surface area contributed by atoms with Gasteiger partial charge in [-0.2, -0.15) is 5.10 Å². The lowest BCUT2D eigenvalue weighted by atomic mass is 10.0. The van der Waals surface area contributed by atoms with Crippen LogP contribution >= 0.6 is 0 Å². The number of benzene rings is 1. The number of anilines is 1. The van der Waals surface area contributed by atoms with E-state index in [0.717, 1.165) is 53.9 Å². The minimum Gasteiger partial charge on any atom is -0.454 e. The summed E-state index contributed by atoms with van der Waals surface area (Å²) < 4.78 is 16.9. The number of piperidine rings is 1. The molecule has 4 aromatic rings. The SMILES string of the molecule is Cc1coc(C2(CN)C3CCN(c4cnc5c(-c6cccc7c6OCO7)[nH]nc5n4)CC32)n1. The predicted molar refractivity (Wildman–Crippen MR) is 119 cm³/mol. The number of hydrogen-bond donors (Lipinski definition) is 2. The molecule has 7 rings (SSSR count). The van der Waals surface area contributed by atoms with E-state index in [0.29, 0.717) is 35.3 Å². The molecule has 1 saturated heterocycles. The van der Waals surface area contributed by atoms with Crippen molar-refractivity contribution < 1.29 is 13.9 Å². The zero-order valence-corrected chi connectivity index (χ0v) is 18.1. The number of ether oxygens (including phenoxy) is 2. The number of para-hydroxylation sites is 1. The summed E-state index contributed by atoms with van der Waals surface area (Å²) in [4.78, 5) is 16.4. The van der Waals surface area contributed by atoms with Gasteiger partial charge in [0.2, 0.25) is 18.3 Å². The first kappa shape index (κ1) is 18.9. The molecule has 0 bridgehead atoms. The molecule has 0 radical (unpaired) electrons. The van der Waals surface area contributed by atoms with Crippen LogP contribution in [-0.4, -0.2) is 51.6 Å². The summed E-state index contributed by atoms with van der Waals surface area (Å²) in [6.07, 6.45) is 4.55. The summed E-state index contributed by atoms with van der Waals surface area (Å²) >= 11 is 0. The highest BCUT2D eigenvalue weighted by atomic mass is 16.7. The molecular formula is C23H23N7O3. The number of oxazole rings is 1. The largest absolute Gasteiger partial charge is 0.454 e. The number of aromatic amines is 1. The number of aromatic nitrogens is 5. The maximum absolute atomic E-state index is 6.25. The zero-order chi connectivity index (χ0) is 22.2. The molecule has 2 fully saturated rings. The molecular weight excluding hydrogens is 422 g/mol. The molecule has 3 aromatic heterocycles. The lowest BCUT2D eigenvalue weighted by Crippen LogP contribution is -2.32. The average Bonchev–Trinajstić information content (AvgIpc) is 3.31. The molecule has 10 nitrogen and oxygen atoms in total. The van der Waals surface area contributed by atoms with Crippen LogP contribution in [0.2, 0.25) is 0 Å². The Bertz CT molecular complexity index is 1380. The lowest BCUT2D eigenvalue weighted by molar-refractivity contribution is 0.174. The summed E-state index contributed by atoms with van der Waals surface area (Å²) in [6.45, 7) is 4.43. The van der Waals surface area contributed by atoms with Crippen LogP contribution in [-0.2, 0) is 5.41 Å². The van der Waals surface area contributed by atoms with Crippen LogP contribution in [0.15, 0.2) is 35.1 Å². The molecule has 1 saturated carbocycles. The number of nitrogens with one attached hydrogen (secondary N) is 1. The van der Waals surface area contributed by atoms with Crippen molar-refractivity contribution in [3.05, 3.63) is 42.2 Å². The van der Waals surface area contributed by atoms with E-state index in [-0.39, 0.29) is 12.2 Å². The van der Waals surface area contributed by atoms with Crippen molar-refractivity contribution in [2.45, 2.75) is 18.8 Å². The Labute approximate surface area is 189 Å². The number of nitrogens with zero attached hydrogens (tertiary/aromatic N) is 5. The minimum atomic E-state index is -0.171. The van der Waals surface area contributed by atoms with Crippen LogP contribution in [0.4, 0.5) is 5.82 Å². The summed E-state index contributed by atoms with van der Waals surface area (Å²) in [5, 5.41) is 7.52. The summed E-state index contributed by atoms with van der Waals surface area (Å²) in [5.41, 5.74) is 9.88. The molecule has 5 heterocycles. The molecule has 3 unspecified atom stereocenters. The van der Waals surface area contributed by atoms with Gasteiger partial charge in [-0.15, -0.1) is 0 Å². The van der Waals surface area contributed by atoms with Gasteiger partial charge in [-0.25, -0.2) is 15.0 Å². The van der Waals surface area contributed by atoms with Crippen LogP contribution in [0, 0.1) is 18.8 Å². The van der Waals surface area contributed by atoms with Gasteiger partial charge in [-0.3, -0.25) is 5.10 Å². The molecule has 0 spiro atoms. The minimum absolute atomic E-state index is 0.171. The van der Waals surface area contributed by atoms with E-state index in [9.17, 15) is 0 Å². The van der Waals surface area contributed by atoms with E-state index in [1.165, 1.54) is 0 Å². The second-order valence-electron chi connectivity index (χ2n) is 9.02. The summed E-state index contributed by atoms with van der Waals surface area (Å²) in [5.74, 6) is 3.90. The Hall–Kier alpha value is -3.66. The smallest absolute Gasteiger partial charge is 0.231 e. The fraction of sp³-hybridized carbons (Fsp3) is 0.391. The van der Waals surface area contributed by atoms with Crippen LogP contribution in [0.25, 0.3) is 22.4 Å². The van der Waals surface area contributed by atoms with Gasteiger partial charge in [0.15, 0.2) is 11.5 Å². The van der Waals surface area contributed by atoms with E-state index in [1.807, 2.05) is 31.3 Å².